The first-order valence-electron chi connectivity index (χ1n) is 8.49. The lowest BCUT2D eigenvalue weighted by Gasteiger charge is -2.17. The van der Waals surface area contributed by atoms with Crippen LogP contribution in [0.2, 0.25) is 0 Å². The van der Waals surface area contributed by atoms with Crippen molar-refractivity contribution < 1.29 is 14.3 Å². The quantitative estimate of drug-likeness (QED) is 0.776. The van der Waals surface area contributed by atoms with Crippen LogP contribution >= 0.6 is 11.3 Å². The number of hydrogen-bond donors (Lipinski definition) is 2. The number of carbonyl (C=O) groups is 2. The van der Waals surface area contributed by atoms with E-state index in [0.29, 0.717) is 10.8 Å². The van der Waals surface area contributed by atoms with E-state index in [4.69, 9.17) is 4.74 Å². The molecule has 2 N–H and O–H groups in total. The summed E-state index contributed by atoms with van der Waals surface area (Å²) in [4.78, 5) is 28.3. The molecule has 2 amide bonds. The van der Waals surface area contributed by atoms with Crippen molar-refractivity contribution in [2.45, 2.75) is 40.2 Å². The van der Waals surface area contributed by atoms with Gasteiger partial charge >= 0.3 is 0 Å². The van der Waals surface area contributed by atoms with Gasteiger partial charge in [-0.05, 0) is 19.9 Å². The van der Waals surface area contributed by atoms with Crippen molar-refractivity contribution >= 4 is 28.3 Å². The number of benzene rings is 1. The van der Waals surface area contributed by atoms with Crippen molar-refractivity contribution in [1.29, 1.82) is 0 Å². The molecule has 0 radical (unpaired) electrons. The van der Waals surface area contributed by atoms with Crippen LogP contribution in [0.25, 0.3) is 0 Å². The molecule has 0 bridgehead atoms. The first-order valence-corrected chi connectivity index (χ1v) is 9.37. The Bertz CT molecular complexity index is 786. The molecular weight excluding hydrogens is 350 g/mol. The summed E-state index contributed by atoms with van der Waals surface area (Å²) < 4.78 is 5.38. The second-order valence-corrected chi connectivity index (χ2v) is 7.36. The fourth-order valence-electron chi connectivity index (χ4n) is 2.42. The fourth-order valence-corrected chi connectivity index (χ4v) is 3.14. The average Bonchev–Trinajstić information content (AvgIpc) is 3.01. The Balaban J connectivity index is 1.98. The third kappa shape index (κ3) is 5.29. The molecule has 0 saturated carbocycles. The van der Waals surface area contributed by atoms with Crippen LogP contribution in [0, 0.1) is 12.8 Å². The Morgan fingerprint density at radius 1 is 1.27 bits per heavy atom. The normalized spacial score (nSPS) is 11.9. The van der Waals surface area contributed by atoms with Crippen molar-refractivity contribution in [3.8, 4) is 5.75 Å². The van der Waals surface area contributed by atoms with Gasteiger partial charge in [0, 0.05) is 16.9 Å². The molecule has 1 heterocycles. The SMILES string of the molecule is COc1ccc(C)cc1[C@H](C)NC(=O)Cc1csc(NC(=O)C(C)C)n1. The molecule has 26 heavy (non-hydrogen) atoms. The maximum atomic E-state index is 12.3. The fraction of sp³-hybridized carbons (Fsp3) is 0.421. The molecule has 0 saturated heterocycles. The Kier molecular flexibility index (Phi) is 6.74. The summed E-state index contributed by atoms with van der Waals surface area (Å²) >= 11 is 1.32. The van der Waals surface area contributed by atoms with Gasteiger partial charge in [-0.2, -0.15) is 0 Å². The number of ether oxygens (including phenoxy) is 1. The van der Waals surface area contributed by atoms with Crippen LogP contribution in [0.15, 0.2) is 23.6 Å². The lowest BCUT2D eigenvalue weighted by molar-refractivity contribution is -0.121. The monoisotopic (exact) mass is 375 g/mol. The minimum atomic E-state index is -0.184. The summed E-state index contributed by atoms with van der Waals surface area (Å²) in [5, 5.41) is 8.02. The molecule has 6 nitrogen and oxygen atoms in total. The summed E-state index contributed by atoms with van der Waals surface area (Å²) in [5.74, 6) is 0.412. The molecule has 1 aromatic carbocycles. The maximum Gasteiger partial charge on any atom is 0.228 e. The van der Waals surface area contributed by atoms with E-state index >= 15 is 0 Å². The predicted octanol–water partition coefficient (Wildman–Crippen LogP) is 3.47. The number of methoxy groups -OCH3 is 1. The molecule has 0 aliphatic rings. The number of rotatable bonds is 7. The Morgan fingerprint density at radius 2 is 2.00 bits per heavy atom. The highest BCUT2D eigenvalue weighted by atomic mass is 32.1. The number of carbonyl (C=O) groups excluding carboxylic acids is 2. The van der Waals surface area contributed by atoms with Crippen LogP contribution in [0.4, 0.5) is 5.13 Å². The van der Waals surface area contributed by atoms with Crippen LogP contribution in [0.5, 0.6) is 5.75 Å². The molecule has 140 valence electrons. The van der Waals surface area contributed by atoms with E-state index in [2.05, 4.69) is 15.6 Å². The number of aryl methyl sites for hydroxylation is 1. The van der Waals surface area contributed by atoms with E-state index in [9.17, 15) is 9.59 Å². The molecular formula is C19H25N3O3S. The molecule has 2 rings (SSSR count). The highest BCUT2D eigenvalue weighted by Crippen LogP contribution is 2.26. The standard InChI is InChI=1S/C19H25N3O3S/c1-11(2)18(24)22-19-21-14(10-26-19)9-17(23)20-13(4)15-8-12(3)6-7-16(15)25-5/h6-8,10-11,13H,9H2,1-5H3,(H,20,23)(H,21,22,24)/t13-/m0/s1. The molecule has 1 atom stereocenters. The summed E-state index contributed by atoms with van der Waals surface area (Å²) in [6, 6.07) is 5.69. The molecule has 2 aromatic rings. The molecule has 7 heteroatoms. The lowest BCUT2D eigenvalue weighted by Crippen LogP contribution is -2.28. The number of nitrogens with zero attached hydrogens (tertiary/aromatic N) is 1. The molecule has 0 spiro atoms. The summed E-state index contributed by atoms with van der Waals surface area (Å²) in [6.45, 7) is 7.56. The Hall–Kier alpha value is -2.41. The van der Waals surface area contributed by atoms with Crippen LogP contribution in [-0.2, 0) is 16.0 Å². The van der Waals surface area contributed by atoms with E-state index in [1.54, 1.807) is 12.5 Å². The number of thiazole rings is 1. The third-order valence-corrected chi connectivity index (χ3v) is 4.68. The van der Waals surface area contributed by atoms with Gasteiger partial charge in [0.2, 0.25) is 11.8 Å². The zero-order valence-corrected chi connectivity index (χ0v) is 16.6. The van der Waals surface area contributed by atoms with Crippen molar-refractivity contribution in [2.24, 2.45) is 5.92 Å². The minimum Gasteiger partial charge on any atom is -0.496 e. The van der Waals surface area contributed by atoms with Gasteiger partial charge in [-0.3, -0.25) is 9.59 Å². The van der Waals surface area contributed by atoms with Crippen LogP contribution in [-0.4, -0.2) is 23.9 Å². The highest BCUT2D eigenvalue weighted by Gasteiger charge is 2.16. The first kappa shape index (κ1) is 19.9. The molecule has 0 aliphatic heterocycles. The van der Waals surface area contributed by atoms with E-state index < -0.39 is 0 Å². The van der Waals surface area contributed by atoms with E-state index in [1.807, 2.05) is 45.9 Å². The minimum absolute atomic E-state index is 0.0875. The second-order valence-electron chi connectivity index (χ2n) is 6.50. The average molecular weight is 375 g/mol. The van der Waals surface area contributed by atoms with Crippen molar-refractivity contribution in [3.63, 3.8) is 0 Å². The lowest BCUT2D eigenvalue weighted by atomic mass is 10.0. The van der Waals surface area contributed by atoms with Crippen molar-refractivity contribution in [1.82, 2.24) is 10.3 Å². The van der Waals surface area contributed by atoms with Crippen molar-refractivity contribution in [3.05, 3.63) is 40.4 Å². The van der Waals surface area contributed by atoms with Crippen LogP contribution < -0.4 is 15.4 Å². The summed E-state index contributed by atoms with van der Waals surface area (Å²) in [7, 11) is 1.62. The topological polar surface area (TPSA) is 80.3 Å². The number of aromatic nitrogens is 1. The Labute approximate surface area is 158 Å². The van der Waals surface area contributed by atoms with Crippen molar-refractivity contribution in [2.75, 3.05) is 12.4 Å². The first-order chi connectivity index (χ1) is 12.3. The molecule has 0 aliphatic carbocycles. The van der Waals surface area contributed by atoms with Gasteiger partial charge in [-0.25, -0.2) is 4.98 Å². The van der Waals surface area contributed by atoms with Crippen LogP contribution in [0.3, 0.4) is 0 Å². The summed E-state index contributed by atoms with van der Waals surface area (Å²) in [5.41, 5.74) is 2.67. The predicted molar refractivity (Wildman–Crippen MR) is 104 cm³/mol. The Morgan fingerprint density at radius 3 is 2.65 bits per heavy atom. The number of amides is 2. The van der Waals surface area contributed by atoms with Gasteiger partial charge in [0.1, 0.15) is 5.75 Å². The van der Waals surface area contributed by atoms with E-state index in [1.165, 1.54) is 11.3 Å². The summed E-state index contributed by atoms with van der Waals surface area (Å²) in [6.07, 6.45) is 0.159. The second kappa shape index (κ2) is 8.80. The largest absolute Gasteiger partial charge is 0.496 e. The number of nitrogens with one attached hydrogen (secondary N) is 2. The van der Waals surface area contributed by atoms with Gasteiger partial charge in [-0.1, -0.05) is 31.5 Å². The van der Waals surface area contributed by atoms with E-state index in [-0.39, 0.29) is 30.2 Å². The maximum absolute atomic E-state index is 12.3. The van der Waals surface area contributed by atoms with Gasteiger partial charge in [0.15, 0.2) is 5.13 Å². The zero-order valence-electron chi connectivity index (χ0n) is 15.8. The van der Waals surface area contributed by atoms with E-state index in [0.717, 1.165) is 16.9 Å². The van der Waals surface area contributed by atoms with Gasteiger partial charge in [-0.15, -0.1) is 11.3 Å². The molecule has 0 fully saturated rings. The number of hydrogen-bond acceptors (Lipinski definition) is 5. The molecule has 0 unspecified atom stereocenters. The number of anilines is 1. The zero-order chi connectivity index (χ0) is 19.3. The molecule has 1 aromatic heterocycles. The highest BCUT2D eigenvalue weighted by molar-refractivity contribution is 7.13. The van der Waals surface area contributed by atoms with Gasteiger partial charge in [0.05, 0.1) is 25.3 Å². The smallest absolute Gasteiger partial charge is 0.228 e. The third-order valence-electron chi connectivity index (χ3n) is 3.88. The van der Waals surface area contributed by atoms with Gasteiger partial charge < -0.3 is 15.4 Å². The van der Waals surface area contributed by atoms with Gasteiger partial charge in [0.25, 0.3) is 0 Å². The van der Waals surface area contributed by atoms with Crippen LogP contribution in [0.1, 0.15) is 43.6 Å².